The number of nitrogen functional groups attached to an aromatic ring is 1. The molecule has 3 aromatic heterocycles. The van der Waals surface area contributed by atoms with Gasteiger partial charge in [0.1, 0.15) is 11.0 Å². The van der Waals surface area contributed by atoms with E-state index in [0.29, 0.717) is 28.7 Å². The van der Waals surface area contributed by atoms with Crippen molar-refractivity contribution in [3.8, 4) is 0 Å². The molecular weight excluding hydrogens is 406 g/mol. The summed E-state index contributed by atoms with van der Waals surface area (Å²) in [7, 11) is 0. The molecule has 0 aliphatic heterocycles. The molecule has 0 unspecified atom stereocenters. The summed E-state index contributed by atoms with van der Waals surface area (Å²) in [6.07, 6.45) is 1.63. The van der Waals surface area contributed by atoms with E-state index in [1.807, 2.05) is 28.8 Å². The van der Waals surface area contributed by atoms with Crippen LogP contribution in [0.2, 0.25) is 0 Å². The predicted octanol–water partition coefficient (Wildman–Crippen LogP) is 2.96. The fraction of sp³-hybridized carbons (Fsp3) is 0.0870. The number of anilines is 1. The largest absolute Gasteiger partial charge is 0.369 e. The van der Waals surface area contributed by atoms with E-state index in [9.17, 15) is 4.79 Å². The second-order valence-electron chi connectivity index (χ2n) is 7.67. The zero-order chi connectivity index (χ0) is 21.7. The molecule has 6 aromatic rings. The first-order valence-corrected chi connectivity index (χ1v) is 10.1. The summed E-state index contributed by atoms with van der Waals surface area (Å²) >= 11 is 0. The summed E-state index contributed by atoms with van der Waals surface area (Å²) in [5, 5.41) is 9.97. The highest BCUT2D eigenvalue weighted by atomic mass is 16.6. The molecule has 3 aromatic carbocycles. The summed E-state index contributed by atoms with van der Waals surface area (Å²) in [5.74, 6) is 0.108. The number of hydrogen-bond donors (Lipinski definition) is 1. The Kier molecular flexibility index (Phi) is 4.00. The second-order valence-corrected chi connectivity index (χ2v) is 7.67. The highest BCUT2D eigenvalue weighted by Crippen LogP contribution is 2.18. The Morgan fingerprint density at radius 1 is 0.875 bits per heavy atom. The van der Waals surface area contributed by atoms with Gasteiger partial charge in [0.25, 0.3) is 5.56 Å². The van der Waals surface area contributed by atoms with Gasteiger partial charge in [-0.2, -0.15) is 4.98 Å². The molecule has 2 N–H and O–H groups in total. The number of fused-ring (bicyclic) bond motifs is 3. The van der Waals surface area contributed by atoms with Gasteiger partial charge in [-0.3, -0.25) is 9.36 Å². The van der Waals surface area contributed by atoms with Gasteiger partial charge in [0.05, 0.1) is 12.9 Å². The van der Waals surface area contributed by atoms with E-state index in [4.69, 9.17) is 10.4 Å². The highest BCUT2D eigenvalue weighted by Gasteiger charge is 2.15. The zero-order valence-electron chi connectivity index (χ0n) is 16.8. The standard InChI is InChI=1S/C23H17N7O2/c24-23-26-21-20(22(31)30(23)12-15-6-8-18-19(10-15)28-32-27-18)29(13-25-21)11-14-5-7-16-3-1-2-4-17(16)9-14/h1-10,13H,11-12H2,(H2,24,26). The van der Waals surface area contributed by atoms with Crippen molar-refractivity contribution in [3.05, 3.63) is 88.5 Å². The Labute approximate surface area is 180 Å². The summed E-state index contributed by atoms with van der Waals surface area (Å²) < 4.78 is 8.00. The number of rotatable bonds is 4. The Morgan fingerprint density at radius 3 is 2.56 bits per heavy atom. The van der Waals surface area contributed by atoms with Crippen molar-refractivity contribution >= 4 is 38.9 Å². The molecule has 6 rings (SSSR count). The Hall–Kier alpha value is -4.53. The Bertz CT molecular complexity index is 1680. The molecule has 0 fully saturated rings. The maximum absolute atomic E-state index is 13.4. The van der Waals surface area contributed by atoms with Crippen LogP contribution in [0, 0.1) is 0 Å². The zero-order valence-corrected chi connectivity index (χ0v) is 16.8. The minimum Gasteiger partial charge on any atom is -0.369 e. The van der Waals surface area contributed by atoms with Crippen molar-refractivity contribution < 1.29 is 4.63 Å². The first-order valence-electron chi connectivity index (χ1n) is 10.1. The molecule has 0 aliphatic carbocycles. The first-order chi connectivity index (χ1) is 15.7. The van der Waals surface area contributed by atoms with Crippen LogP contribution < -0.4 is 11.3 Å². The lowest BCUT2D eigenvalue weighted by atomic mass is 10.1. The van der Waals surface area contributed by atoms with E-state index >= 15 is 0 Å². The lowest BCUT2D eigenvalue weighted by molar-refractivity contribution is 0.315. The van der Waals surface area contributed by atoms with Crippen molar-refractivity contribution in [2.75, 3.05) is 5.73 Å². The number of aromatic nitrogens is 6. The molecule has 32 heavy (non-hydrogen) atoms. The molecule has 0 radical (unpaired) electrons. The first kappa shape index (κ1) is 18.3. The lowest BCUT2D eigenvalue weighted by Gasteiger charge is -2.10. The van der Waals surface area contributed by atoms with Crippen LogP contribution in [0.1, 0.15) is 11.1 Å². The fourth-order valence-corrected chi connectivity index (χ4v) is 3.99. The van der Waals surface area contributed by atoms with Gasteiger partial charge in [-0.1, -0.05) is 42.5 Å². The Balaban J connectivity index is 1.41. The predicted molar refractivity (Wildman–Crippen MR) is 120 cm³/mol. The van der Waals surface area contributed by atoms with Crippen molar-refractivity contribution in [1.82, 2.24) is 29.4 Å². The van der Waals surface area contributed by atoms with Crippen LogP contribution in [0.5, 0.6) is 0 Å². The average Bonchev–Trinajstić information content (AvgIpc) is 3.43. The van der Waals surface area contributed by atoms with Crippen LogP contribution in [-0.2, 0) is 13.1 Å². The molecule has 156 valence electrons. The van der Waals surface area contributed by atoms with Crippen molar-refractivity contribution in [3.63, 3.8) is 0 Å². The van der Waals surface area contributed by atoms with E-state index in [2.05, 4.69) is 50.6 Å². The van der Waals surface area contributed by atoms with Crippen LogP contribution in [-0.4, -0.2) is 29.4 Å². The number of nitrogens with two attached hydrogens (primary N) is 1. The van der Waals surface area contributed by atoms with Crippen molar-refractivity contribution in [2.45, 2.75) is 13.1 Å². The monoisotopic (exact) mass is 423 g/mol. The molecule has 0 saturated carbocycles. The van der Waals surface area contributed by atoms with Crippen LogP contribution in [0.3, 0.4) is 0 Å². The lowest BCUT2D eigenvalue weighted by Crippen LogP contribution is -2.26. The van der Waals surface area contributed by atoms with Crippen LogP contribution in [0.15, 0.2) is 76.4 Å². The maximum atomic E-state index is 13.4. The third kappa shape index (κ3) is 2.99. The van der Waals surface area contributed by atoms with E-state index in [1.165, 1.54) is 9.95 Å². The van der Waals surface area contributed by atoms with E-state index < -0.39 is 0 Å². The number of imidazole rings is 1. The molecule has 0 aliphatic rings. The van der Waals surface area contributed by atoms with Gasteiger partial charge in [0.15, 0.2) is 11.2 Å². The minimum absolute atomic E-state index is 0.108. The van der Waals surface area contributed by atoms with Gasteiger partial charge in [0, 0.05) is 6.54 Å². The van der Waals surface area contributed by atoms with Gasteiger partial charge in [0.2, 0.25) is 5.95 Å². The molecule has 0 spiro atoms. The Morgan fingerprint density at radius 2 is 1.66 bits per heavy atom. The van der Waals surface area contributed by atoms with Crippen molar-refractivity contribution in [2.24, 2.45) is 0 Å². The van der Waals surface area contributed by atoms with Gasteiger partial charge in [-0.25, -0.2) is 9.61 Å². The van der Waals surface area contributed by atoms with Gasteiger partial charge >= 0.3 is 0 Å². The van der Waals surface area contributed by atoms with E-state index in [-0.39, 0.29) is 18.1 Å². The quantitative estimate of drug-likeness (QED) is 0.463. The molecule has 9 nitrogen and oxygen atoms in total. The fourth-order valence-electron chi connectivity index (χ4n) is 3.99. The second kappa shape index (κ2) is 7.02. The van der Waals surface area contributed by atoms with Gasteiger partial charge < -0.3 is 10.3 Å². The summed E-state index contributed by atoms with van der Waals surface area (Å²) in [6.45, 7) is 0.746. The molecule has 0 atom stereocenters. The van der Waals surface area contributed by atoms with Crippen LogP contribution >= 0.6 is 0 Å². The maximum Gasteiger partial charge on any atom is 0.281 e. The smallest absolute Gasteiger partial charge is 0.281 e. The number of hydrogen-bond acceptors (Lipinski definition) is 7. The van der Waals surface area contributed by atoms with Gasteiger partial charge in [-0.05, 0) is 50.4 Å². The number of nitrogens with zero attached hydrogens (tertiary/aromatic N) is 6. The number of benzene rings is 3. The molecule has 9 heteroatoms. The summed E-state index contributed by atoms with van der Waals surface area (Å²) in [6, 6.07) is 19.9. The third-order valence-corrected chi connectivity index (χ3v) is 5.59. The summed E-state index contributed by atoms with van der Waals surface area (Å²) in [4.78, 5) is 22.1. The van der Waals surface area contributed by atoms with Crippen LogP contribution in [0.4, 0.5) is 5.95 Å². The van der Waals surface area contributed by atoms with Gasteiger partial charge in [-0.15, -0.1) is 0 Å². The molecule has 0 amide bonds. The van der Waals surface area contributed by atoms with E-state index in [1.54, 1.807) is 12.4 Å². The van der Waals surface area contributed by atoms with Crippen LogP contribution in [0.25, 0.3) is 33.0 Å². The minimum atomic E-state index is -0.246. The highest BCUT2D eigenvalue weighted by molar-refractivity contribution is 5.83. The molecule has 0 saturated heterocycles. The SMILES string of the molecule is Nc1nc2ncn(Cc3ccc4ccccc4c3)c2c(=O)n1Cc1ccc2nonc2c1. The van der Waals surface area contributed by atoms with Crippen molar-refractivity contribution in [1.29, 1.82) is 0 Å². The third-order valence-electron chi connectivity index (χ3n) is 5.59. The summed E-state index contributed by atoms with van der Waals surface area (Å²) in [5.41, 5.74) is 9.78. The topological polar surface area (TPSA) is 118 Å². The average molecular weight is 423 g/mol. The normalized spacial score (nSPS) is 11.6. The molecule has 3 heterocycles. The molecule has 0 bridgehead atoms. The van der Waals surface area contributed by atoms with E-state index in [0.717, 1.165) is 16.5 Å². The molecular formula is C23H17N7O2.